The van der Waals surface area contributed by atoms with Gasteiger partial charge in [0.25, 0.3) is 5.91 Å². The summed E-state index contributed by atoms with van der Waals surface area (Å²) < 4.78 is 0. The molecule has 0 unspecified atom stereocenters. The Morgan fingerprint density at radius 2 is 1.93 bits per heavy atom. The molecule has 7 heteroatoms. The quantitative estimate of drug-likeness (QED) is 0.669. The van der Waals surface area contributed by atoms with Crippen molar-refractivity contribution >= 4 is 23.3 Å². The molecule has 4 rings (SSSR count). The SMILES string of the molecule is O=C(c1csc(-c2cnccn2)n1)N1CCN(C/C=C/c2ccccc2)CC1. The molecule has 3 heterocycles. The first kappa shape index (κ1) is 18.5. The molecule has 0 radical (unpaired) electrons. The summed E-state index contributed by atoms with van der Waals surface area (Å²) in [6, 6.07) is 10.3. The van der Waals surface area contributed by atoms with Gasteiger partial charge in [-0.3, -0.25) is 19.7 Å². The average Bonchev–Trinajstić information content (AvgIpc) is 3.25. The Labute approximate surface area is 168 Å². The molecule has 1 fully saturated rings. The van der Waals surface area contributed by atoms with Gasteiger partial charge in [0.1, 0.15) is 16.4 Å². The van der Waals surface area contributed by atoms with Crippen LogP contribution in [0, 0.1) is 0 Å². The zero-order chi connectivity index (χ0) is 19.2. The third-order valence-corrected chi connectivity index (χ3v) is 5.50. The van der Waals surface area contributed by atoms with Crippen LogP contribution in [0.3, 0.4) is 0 Å². The van der Waals surface area contributed by atoms with Crippen molar-refractivity contribution in [3.05, 3.63) is 71.6 Å². The van der Waals surface area contributed by atoms with E-state index in [1.165, 1.54) is 16.9 Å². The zero-order valence-electron chi connectivity index (χ0n) is 15.4. The lowest BCUT2D eigenvalue weighted by molar-refractivity contribution is 0.0645. The van der Waals surface area contributed by atoms with Crippen molar-refractivity contribution in [2.24, 2.45) is 0 Å². The predicted molar refractivity (Wildman–Crippen MR) is 111 cm³/mol. The van der Waals surface area contributed by atoms with Crippen LogP contribution in [0.1, 0.15) is 16.1 Å². The fourth-order valence-corrected chi connectivity index (χ4v) is 3.85. The monoisotopic (exact) mass is 391 g/mol. The molecule has 6 nitrogen and oxygen atoms in total. The summed E-state index contributed by atoms with van der Waals surface area (Å²) in [7, 11) is 0. The van der Waals surface area contributed by atoms with Crippen LogP contribution in [-0.4, -0.2) is 63.4 Å². The predicted octanol–water partition coefficient (Wildman–Crippen LogP) is 3.07. The van der Waals surface area contributed by atoms with E-state index in [9.17, 15) is 4.79 Å². The molecule has 1 aliphatic rings. The molecule has 0 N–H and O–H groups in total. The molecule has 1 amide bonds. The number of carbonyl (C=O) groups is 1. The number of aromatic nitrogens is 3. The van der Waals surface area contributed by atoms with Gasteiger partial charge in [0.2, 0.25) is 0 Å². The van der Waals surface area contributed by atoms with Gasteiger partial charge in [-0.25, -0.2) is 4.98 Å². The third-order valence-electron chi connectivity index (χ3n) is 4.64. The molecule has 3 aromatic rings. The summed E-state index contributed by atoms with van der Waals surface area (Å²) in [5.74, 6) is -0.00846. The molecule has 0 atom stereocenters. The van der Waals surface area contributed by atoms with Crippen molar-refractivity contribution < 1.29 is 4.79 Å². The average molecular weight is 392 g/mol. The third kappa shape index (κ3) is 4.49. The van der Waals surface area contributed by atoms with Crippen LogP contribution in [0.4, 0.5) is 0 Å². The molecule has 28 heavy (non-hydrogen) atoms. The minimum atomic E-state index is -0.00846. The van der Waals surface area contributed by atoms with E-state index in [2.05, 4.69) is 44.1 Å². The van der Waals surface area contributed by atoms with E-state index < -0.39 is 0 Å². The Hall–Kier alpha value is -2.90. The van der Waals surface area contributed by atoms with Crippen molar-refractivity contribution in [3.63, 3.8) is 0 Å². The van der Waals surface area contributed by atoms with Crippen LogP contribution >= 0.6 is 11.3 Å². The first-order valence-corrected chi connectivity index (χ1v) is 10.1. The molecule has 2 aromatic heterocycles. The molecule has 1 aliphatic heterocycles. The fourth-order valence-electron chi connectivity index (χ4n) is 3.10. The topological polar surface area (TPSA) is 62.2 Å². The molecule has 1 saturated heterocycles. The minimum absolute atomic E-state index is 0.00846. The maximum Gasteiger partial charge on any atom is 0.273 e. The number of hydrogen-bond acceptors (Lipinski definition) is 6. The molecule has 0 saturated carbocycles. The first-order valence-electron chi connectivity index (χ1n) is 9.25. The summed E-state index contributed by atoms with van der Waals surface area (Å²) in [6.45, 7) is 4.06. The minimum Gasteiger partial charge on any atom is -0.335 e. The largest absolute Gasteiger partial charge is 0.335 e. The van der Waals surface area contributed by atoms with Crippen molar-refractivity contribution in [2.75, 3.05) is 32.7 Å². The highest BCUT2D eigenvalue weighted by atomic mass is 32.1. The fraction of sp³-hybridized carbons (Fsp3) is 0.238. The van der Waals surface area contributed by atoms with Gasteiger partial charge in [0, 0.05) is 50.5 Å². The van der Waals surface area contributed by atoms with Crippen LogP contribution in [-0.2, 0) is 0 Å². The molecule has 1 aromatic carbocycles. The van der Waals surface area contributed by atoms with E-state index in [0.717, 1.165) is 37.7 Å². The molecule has 0 aliphatic carbocycles. The van der Waals surface area contributed by atoms with Crippen LogP contribution in [0.2, 0.25) is 0 Å². The highest BCUT2D eigenvalue weighted by molar-refractivity contribution is 7.13. The van der Waals surface area contributed by atoms with Gasteiger partial charge < -0.3 is 4.90 Å². The summed E-state index contributed by atoms with van der Waals surface area (Å²) in [6.07, 6.45) is 9.23. The van der Waals surface area contributed by atoms with Gasteiger partial charge in [-0.1, -0.05) is 42.5 Å². The maximum atomic E-state index is 12.8. The smallest absolute Gasteiger partial charge is 0.273 e. The van der Waals surface area contributed by atoms with Gasteiger partial charge in [-0.05, 0) is 5.56 Å². The summed E-state index contributed by atoms with van der Waals surface area (Å²) >= 11 is 1.42. The van der Waals surface area contributed by atoms with Gasteiger partial charge in [-0.2, -0.15) is 0 Å². The van der Waals surface area contributed by atoms with Gasteiger partial charge in [-0.15, -0.1) is 11.3 Å². The van der Waals surface area contributed by atoms with Crippen LogP contribution in [0.15, 0.2) is 60.4 Å². The number of thiazole rings is 1. The van der Waals surface area contributed by atoms with Crippen LogP contribution < -0.4 is 0 Å². The Balaban J connectivity index is 1.29. The normalized spacial score (nSPS) is 15.2. The Bertz CT molecular complexity index is 934. The first-order chi connectivity index (χ1) is 13.8. The van der Waals surface area contributed by atoms with E-state index in [0.29, 0.717) is 11.4 Å². The summed E-state index contributed by atoms with van der Waals surface area (Å²) in [4.78, 5) is 29.7. The number of rotatable bonds is 5. The number of nitrogens with zero attached hydrogens (tertiary/aromatic N) is 5. The second kappa shape index (κ2) is 8.86. The summed E-state index contributed by atoms with van der Waals surface area (Å²) in [5.41, 5.74) is 2.39. The highest BCUT2D eigenvalue weighted by Crippen LogP contribution is 2.21. The van der Waals surface area contributed by atoms with Crippen molar-refractivity contribution in [1.82, 2.24) is 24.8 Å². The second-order valence-electron chi connectivity index (χ2n) is 6.53. The lowest BCUT2D eigenvalue weighted by Gasteiger charge is -2.33. The van der Waals surface area contributed by atoms with E-state index in [4.69, 9.17) is 0 Å². The number of carbonyl (C=O) groups excluding carboxylic acids is 1. The second-order valence-corrected chi connectivity index (χ2v) is 7.39. The van der Waals surface area contributed by atoms with Crippen molar-refractivity contribution in [1.29, 1.82) is 0 Å². The van der Waals surface area contributed by atoms with E-state index in [-0.39, 0.29) is 5.91 Å². The summed E-state index contributed by atoms with van der Waals surface area (Å²) in [5, 5.41) is 2.53. The number of piperazine rings is 1. The lowest BCUT2D eigenvalue weighted by atomic mass is 10.2. The molecule has 142 valence electrons. The Kier molecular flexibility index (Phi) is 5.84. The zero-order valence-corrected chi connectivity index (χ0v) is 16.3. The molecule has 0 bridgehead atoms. The van der Waals surface area contributed by atoms with Crippen LogP contribution in [0.25, 0.3) is 16.8 Å². The van der Waals surface area contributed by atoms with Gasteiger partial charge >= 0.3 is 0 Å². The van der Waals surface area contributed by atoms with Crippen LogP contribution in [0.5, 0.6) is 0 Å². The Morgan fingerprint density at radius 1 is 1.11 bits per heavy atom. The van der Waals surface area contributed by atoms with Gasteiger partial charge in [0.15, 0.2) is 0 Å². The molecular formula is C21H21N5OS. The van der Waals surface area contributed by atoms with Crippen molar-refractivity contribution in [3.8, 4) is 10.7 Å². The highest BCUT2D eigenvalue weighted by Gasteiger charge is 2.23. The van der Waals surface area contributed by atoms with Gasteiger partial charge in [0.05, 0.1) is 6.20 Å². The van der Waals surface area contributed by atoms with E-state index in [1.807, 2.05) is 23.1 Å². The van der Waals surface area contributed by atoms with E-state index >= 15 is 0 Å². The Morgan fingerprint density at radius 3 is 2.68 bits per heavy atom. The number of benzene rings is 1. The maximum absolute atomic E-state index is 12.8. The lowest BCUT2D eigenvalue weighted by Crippen LogP contribution is -2.48. The van der Waals surface area contributed by atoms with E-state index in [1.54, 1.807) is 24.0 Å². The molecular weight excluding hydrogens is 370 g/mol. The molecule has 0 spiro atoms. The van der Waals surface area contributed by atoms with Crippen molar-refractivity contribution in [2.45, 2.75) is 0 Å². The number of hydrogen-bond donors (Lipinski definition) is 0. The number of amides is 1. The standard InChI is InChI=1S/C21H21N5OS/c27-21(19-16-28-20(24-19)18-15-22-8-9-23-18)26-13-11-25(12-14-26)10-4-7-17-5-2-1-3-6-17/h1-9,15-16H,10-14H2/b7-4+.